The number of amides is 1. The number of hydrogen-bond acceptors (Lipinski definition) is 3. The lowest BCUT2D eigenvalue weighted by molar-refractivity contribution is 0.0656. The average Bonchev–Trinajstić information content (AvgIpc) is 3.39. The molecule has 1 heterocycles. The number of aromatic nitrogens is 2. The molecule has 1 saturated carbocycles. The Morgan fingerprint density at radius 2 is 1.93 bits per heavy atom. The molecule has 29 heavy (non-hydrogen) atoms. The molecule has 4 rings (SSSR count). The molecule has 152 valence electrons. The maximum Gasteiger partial charge on any atom is 0.254 e. The summed E-state index contributed by atoms with van der Waals surface area (Å²) in [6, 6.07) is 14.0. The molecule has 0 radical (unpaired) electrons. The van der Waals surface area contributed by atoms with Gasteiger partial charge in [0.05, 0.1) is 17.6 Å². The summed E-state index contributed by atoms with van der Waals surface area (Å²) < 4.78 is 2.17. The largest absolute Gasteiger partial charge is 0.328 e. The minimum atomic E-state index is 0.0947. The van der Waals surface area contributed by atoms with Crippen LogP contribution in [-0.2, 0) is 13.1 Å². The molecule has 1 aliphatic rings. The summed E-state index contributed by atoms with van der Waals surface area (Å²) in [6.07, 6.45) is 6.53. The van der Waals surface area contributed by atoms with Gasteiger partial charge in [-0.05, 0) is 68.5 Å². The zero-order valence-corrected chi connectivity index (χ0v) is 18.5. The van der Waals surface area contributed by atoms with Gasteiger partial charge in [0.25, 0.3) is 5.91 Å². The van der Waals surface area contributed by atoms with Crippen LogP contribution in [0.15, 0.2) is 47.4 Å². The molecule has 0 N–H and O–H groups in total. The molecule has 1 fully saturated rings. The maximum atomic E-state index is 13.5. The second-order valence-corrected chi connectivity index (χ2v) is 8.82. The molecule has 0 bridgehead atoms. The number of rotatable bonds is 6. The van der Waals surface area contributed by atoms with Gasteiger partial charge in [0.2, 0.25) is 0 Å². The molecule has 1 aliphatic carbocycles. The van der Waals surface area contributed by atoms with Crippen molar-refractivity contribution in [3.8, 4) is 0 Å². The predicted molar refractivity (Wildman–Crippen MR) is 121 cm³/mol. The van der Waals surface area contributed by atoms with E-state index in [1.54, 1.807) is 11.8 Å². The van der Waals surface area contributed by atoms with Gasteiger partial charge in [-0.3, -0.25) is 4.79 Å². The lowest BCUT2D eigenvalue weighted by Gasteiger charge is -2.29. The van der Waals surface area contributed by atoms with Crippen LogP contribution in [0.4, 0.5) is 0 Å². The second-order valence-electron chi connectivity index (χ2n) is 7.51. The summed E-state index contributed by atoms with van der Waals surface area (Å²) in [6.45, 7) is 3.42. The van der Waals surface area contributed by atoms with E-state index in [0.29, 0.717) is 11.6 Å². The van der Waals surface area contributed by atoms with Gasteiger partial charge >= 0.3 is 0 Å². The molecule has 0 atom stereocenters. The lowest BCUT2D eigenvalue weighted by atomic mass is 10.1. The van der Waals surface area contributed by atoms with Crippen LogP contribution in [0.25, 0.3) is 11.0 Å². The smallest absolute Gasteiger partial charge is 0.254 e. The summed E-state index contributed by atoms with van der Waals surface area (Å²) in [4.78, 5) is 21.5. The van der Waals surface area contributed by atoms with Crippen molar-refractivity contribution < 1.29 is 4.79 Å². The topological polar surface area (TPSA) is 38.1 Å². The van der Waals surface area contributed by atoms with Crippen molar-refractivity contribution in [3.05, 3.63) is 58.9 Å². The number of thioether (sulfide) groups is 1. The van der Waals surface area contributed by atoms with Gasteiger partial charge in [-0.2, -0.15) is 0 Å². The molecule has 0 unspecified atom stereocenters. The van der Waals surface area contributed by atoms with Crippen molar-refractivity contribution >= 4 is 40.3 Å². The Balaban J connectivity index is 1.69. The third-order valence-corrected chi connectivity index (χ3v) is 6.76. The number of carbonyl (C=O) groups excluding carboxylic acids is 1. The molecule has 2 aromatic carbocycles. The van der Waals surface area contributed by atoms with E-state index in [4.69, 9.17) is 16.6 Å². The molecule has 1 amide bonds. The Kier molecular flexibility index (Phi) is 6.16. The van der Waals surface area contributed by atoms with Crippen molar-refractivity contribution in [1.82, 2.24) is 14.5 Å². The molecular formula is C23H26ClN3OS. The fourth-order valence-electron chi connectivity index (χ4n) is 4.25. The summed E-state index contributed by atoms with van der Waals surface area (Å²) in [7, 11) is 0. The van der Waals surface area contributed by atoms with Crippen LogP contribution in [0.1, 0.15) is 48.8 Å². The Morgan fingerprint density at radius 3 is 2.59 bits per heavy atom. The van der Waals surface area contributed by atoms with Gasteiger partial charge in [-0.1, -0.05) is 24.4 Å². The molecule has 0 spiro atoms. The number of aryl methyl sites for hydroxylation is 1. The molecule has 3 aromatic rings. The Morgan fingerprint density at radius 1 is 1.21 bits per heavy atom. The monoisotopic (exact) mass is 427 g/mol. The molecule has 4 nitrogen and oxygen atoms in total. The van der Waals surface area contributed by atoms with E-state index in [0.717, 1.165) is 41.8 Å². The van der Waals surface area contributed by atoms with E-state index < -0.39 is 0 Å². The molecule has 6 heteroatoms. The quantitative estimate of drug-likeness (QED) is 0.451. The molecule has 0 aliphatic heterocycles. The van der Waals surface area contributed by atoms with E-state index >= 15 is 0 Å². The van der Waals surface area contributed by atoms with Crippen LogP contribution in [-0.4, -0.2) is 32.7 Å². The van der Waals surface area contributed by atoms with E-state index in [1.807, 2.05) is 53.6 Å². The fourth-order valence-corrected chi connectivity index (χ4v) is 4.83. The van der Waals surface area contributed by atoms with Gasteiger partial charge in [0.1, 0.15) is 5.82 Å². The predicted octanol–water partition coefficient (Wildman–Crippen LogP) is 6.02. The standard InChI is InChI=1S/C23H26ClN3OS/c1-3-26-21-14-17(24)10-13-20(21)25-22(26)15-27(18-6-4-5-7-18)23(28)16-8-11-19(29-2)12-9-16/h8-14,18H,3-7,15H2,1-2H3. The zero-order valence-electron chi connectivity index (χ0n) is 16.9. The van der Waals surface area contributed by atoms with Crippen LogP contribution in [0, 0.1) is 0 Å². The first-order valence-corrected chi connectivity index (χ1v) is 11.8. The van der Waals surface area contributed by atoms with Crippen LogP contribution in [0.2, 0.25) is 5.02 Å². The summed E-state index contributed by atoms with van der Waals surface area (Å²) >= 11 is 7.90. The van der Waals surface area contributed by atoms with Gasteiger partial charge in [0, 0.05) is 28.1 Å². The molecule has 1 aromatic heterocycles. The lowest BCUT2D eigenvalue weighted by Crippen LogP contribution is -2.39. The summed E-state index contributed by atoms with van der Waals surface area (Å²) in [5.41, 5.74) is 2.70. The third-order valence-electron chi connectivity index (χ3n) is 5.78. The SMILES string of the molecule is CCn1c(CN(C(=O)c2ccc(SC)cc2)C2CCCC2)nc2ccc(Cl)cc21. The van der Waals surface area contributed by atoms with Gasteiger partial charge in [-0.25, -0.2) is 4.98 Å². The Labute approximate surface area is 181 Å². The van der Waals surface area contributed by atoms with E-state index in [9.17, 15) is 4.79 Å². The highest BCUT2D eigenvalue weighted by molar-refractivity contribution is 7.98. The first-order valence-electron chi connectivity index (χ1n) is 10.2. The van der Waals surface area contributed by atoms with Crippen molar-refractivity contribution in [2.24, 2.45) is 0 Å². The summed E-state index contributed by atoms with van der Waals surface area (Å²) in [5.74, 6) is 1.02. The van der Waals surface area contributed by atoms with Gasteiger partial charge in [0.15, 0.2) is 0 Å². The molecular weight excluding hydrogens is 402 g/mol. The first kappa shape index (κ1) is 20.3. The van der Waals surface area contributed by atoms with Gasteiger partial charge in [-0.15, -0.1) is 11.8 Å². The second kappa shape index (κ2) is 8.80. The van der Waals surface area contributed by atoms with Crippen LogP contribution in [0.5, 0.6) is 0 Å². The highest BCUT2D eigenvalue weighted by Crippen LogP contribution is 2.28. The van der Waals surface area contributed by atoms with Crippen LogP contribution in [0.3, 0.4) is 0 Å². The normalized spacial score (nSPS) is 14.6. The zero-order chi connectivity index (χ0) is 20.4. The third kappa shape index (κ3) is 4.17. The number of fused-ring (bicyclic) bond motifs is 1. The molecule has 0 saturated heterocycles. The van der Waals surface area contributed by atoms with Crippen molar-refractivity contribution in [2.45, 2.75) is 56.6 Å². The number of hydrogen-bond donors (Lipinski definition) is 0. The number of imidazole rings is 1. The number of halogens is 1. The maximum absolute atomic E-state index is 13.5. The van der Waals surface area contributed by atoms with Crippen molar-refractivity contribution in [3.63, 3.8) is 0 Å². The minimum Gasteiger partial charge on any atom is -0.328 e. The van der Waals surface area contributed by atoms with Crippen molar-refractivity contribution in [1.29, 1.82) is 0 Å². The first-order chi connectivity index (χ1) is 14.1. The van der Waals surface area contributed by atoms with Crippen molar-refractivity contribution in [2.75, 3.05) is 6.26 Å². The summed E-state index contributed by atoms with van der Waals surface area (Å²) in [5, 5.41) is 0.705. The van der Waals surface area contributed by atoms with E-state index in [1.165, 1.54) is 17.7 Å². The number of nitrogens with zero attached hydrogens (tertiary/aromatic N) is 3. The highest BCUT2D eigenvalue weighted by Gasteiger charge is 2.29. The number of carbonyl (C=O) groups is 1. The minimum absolute atomic E-state index is 0.0947. The van der Waals surface area contributed by atoms with Crippen LogP contribution >= 0.6 is 23.4 Å². The van der Waals surface area contributed by atoms with E-state index in [-0.39, 0.29) is 11.9 Å². The van der Waals surface area contributed by atoms with E-state index in [2.05, 4.69) is 11.5 Å². The highest BCUT2D eigenvalue weighted by atomic mass is 35.5. The van der Waals surface area contributed by atoms with Crippen LogP contribution < -0.4 is 0 Å². The number of benzene rings is 2. The Hall–Kier alpha value is -1.98. The fraction of sp³-hybridized carbons (Fsp3) is 0.391. The Bertz CT molecular complexity index is 1010. The van der Waals surface area contributed by atoms with Gasteiger partial charge < -0.3 is 9.47 Å². The average molecular weight is 428 g/mol.